The van der Waals surface area contributed by atoms with Crippen LogP contribution in [0, 0.1) is 6.92 Å². The number of nitrogens with zero attached hydrogens (tertiary/aromatic N) is 5. The van der Waals surface area contributed by atoms with Crippen LogP contribution in [0.15, 0.2) is 126 Å². The Balaban J connectivity index is 1.25. The summed E-state index contributed by atoms with van der Waals surface area (Å²) >= 11 is 0. The average molecular weight is 594 g/mol. The topological polar surface area (TPSA) is 52.9 Å². The fraction of sp³-hybridized carbons (Fsp3) is 0.0513. The molecule has 7 heteroatoms. The highest BCUT2D eigenvalue weighted by Crippen LogP contribution is 2.55. The van der Waals surface area contributed by atoms with Crippen molar-refractivity contribution in [1.29, 1.82) is 0 Å². The lowest BCUT2D eigenvalue weighted by molar-refractivity contribution is -0.997. The predicted molar refractivity (Wildman–Crippen MR) is 174 cm³/mol. The molecule has 9 aromatic rings. The maximum Gasteiger partial charge on any atom is 0.338 e. The van der Waals surface area contributed by atoms with E-state index in [9.17, 15) is 0 Å². The highest BCUT2D eigenvalue weighted by molar-refractivity contribution is 6.11. The smallest absolute Gasteiger partial charge is 0.338 e. The highest BCUT2D eigenvalue weighted by atomic mass is 16.5. The zero-order valence-electron chi connectivity index (χ0n) is 24.6. The highest BCUT2D eigenvalue weighted by Gasteiger charge is 2.67. The molecule has 1 spiro atoms. The van der Waals surface area contributed by atoms with Gasteiger partial charge in [0.15, 0.2) is 11.2 Å². The minimum atomic E-state index is -0.762. The number of para-hydroxylation sites is 2. The Morgan fingerprint density at radius 3 is 2.48 bits per heavy atom. The molecule has 3 aliphatic heterocycles. The van der Waals surface area contributed by atoms with E-state index >= 15 is 0 Å². The number of aromatic nitrogens is 5. The van der Waals surface area contributed by atoms with Gasteiger partial charge in [0, 0.05) is 40.1 Å². The van der Waals surface area contributed by atoms with Crippen LogP contribution in [0.4, 0.5) is 0 Å². The van der Waals surface area contributed by atoms with Crippen molar-refractivity contribution in [2.75, 3.05) is 0 Å². The van der Waals surface area contributed by atoms with E-state index in [1.807, 2.05) is 12.1 Å². The third kappa shape index (κ3) is 2.37. The van der Waals surface area contributed by atoms with Crippen LogP contribution in [0.2, 0.25) is 0 Å². The number of furan rings is 1. The second-order valence-electron chi connectivity index (χ2n) is 12.5. The van der Waals surface area contributed by atoms with E-state index in [2.05, 4.69) is 135 Å². The first-order valence-corrected chi connectivity index (χ1v) is 15.6. The molecule has 3 aliphatic rings. The van der Waals surface area contributed by atoms with Crippen LogP contribution < -0.4 is 14.0 Å². The van der Waals surface area contributed by atoms with Crippen LogP contribution in [0.3, 0.4) is 0 Å². The maximum absolute atomic E-state index is 6.79. The third-order valence-electron chi connectivity index (χ3n) is 10.4. The van der Waals surface area contributed by atoms with Gasteiger partial charge in [-0.1, -0.05) is 47.1 Å². The third-order valence-corrected chi connectivity index (χ3v) is 10.4. The summed E-state index contributed by atoms with van der Waals surface area (Å²) in [5.41, 5.74) is 9.62. The molecule has 7 nitrogen and oxygen atoms in total. The number of hydrogen-bond donors (Lipinski definition) is 0. The molecule has 12 rings (SSSR count). The molecular formula is C39H23N5O2+2. The van der Waals surface area contributed by atoms with E-state index in [1.165, 1.54) is 21.8 Å². The summed E-state index contributed by atoms with van der Waals surface area (Å²) in [7, 11) is 0. The van der Waals surface area contributed by atoms with Crippen LogP contribution in [-0.4, -0.2) is 14.5 Å². The molecule has 5 aromatic carbocycles. The normalized spacial score (nSPS) is 16.6. The Kier molecular flexibility index (Phi) is 3.80. The molecule has 0 N–H and O–H groups in total. The summed E-state index contributed by atoms with van der Waals surface area (Å²) < 4.78 is 20.2. The van der Waals surface area contributed by atoms with E-state index in [1.54, 1.807) is 0 Å². The largest absolute Gasteiger partial charge is 0.456 e. The number of benzene rings is 5. The summed E-state index contributed by atoms with van der Waals surface area (Å²) in [6.07, 6.45) is 2.21. The lowest BCUT2D eigenvalue weighted by Gasteiger charge is -2.35. The first kappa shape index (κ1) is 23.2. The van der Waals surface area contributed by atoms with Crippen molar-refractivity contribution in [3.63, 3.8) is 0 Å². The zero-order chi connectivity index (χ0) is 29.9. The molecule has 0 saturated carbocycles. The maximum atomic E-state index is 6.79. The number of ether oxygens (including phenoxy) is 1. The van der Waals surface area contributed by atoms with Crippen molar-refractivity contribution in [2.24, 2.45) is 0 Å². The van der Waals surface area contributed by atoms with E-state index in [-0.39, 0.29) is 0 Å². The van der Waals surface area contributed by atoms with Crippen molar-refractivity contribution in [2.45, 2.75) is 12.6 Å². The summed E-state index contributed by atoms with van der Waals surface area (Å²) in [6.45, 7) is 2.19. The van der Waals surface area contributed by atoms with Gasteiger partial charge in [0.2, 0.25) is 0 Å². The quantitative estimate of drug-likeness (QED) is 0.186. The van der Waals surface area contributed by atoms with Gasteiger partial charge < -0.3 is 9.15 Å². The van der Waals surface area contributed by atoms with Crippen LogP contribution >= 0.6 is 0 Å². The van der Waals surface area contributed by atoms with E-state index in [4.69, 9.17) is 14.3 Å². The van der Waals surface area contributed by atoms with Crippen LogP contribution in [0.1, 0.15) is 16.8 Å². The van der Waals surface area contributed by atoms with Gasteiger partial charge >= 0.3 is 5.66 Å². The van der Waals surface area contributed by atoms with Crippen LogP contribution in [0.5, 0.6) is 11.5 Å². The lowest BCUT2D eigenvalue weighted by atomic mass is 9.84. The van der Waals surface area contributed by atoms with Crippen molar-refractivity contribution < 1.29 is 18.4 Å². The second-order valence-corrected chi connectivity index (χ2v) is 12.5. The number of rotatable bonds is 1. The Morgan fingerprint density at radius 2 is 1.52 bits per heavy atom. The number of fused-ring (bicyclic) bond motifs is 10. The van der Waals surface area contributed by atoms with E-state index in [0.29, 0.717) is 0 Å². The second kappa shape index (κ2) is 7.53. The van der Waals surface area contributed by atoms with Gasteiger partial charge in [0.05, 0.1) is 11.3 Å². The summed E-state index contributed by atoms with van der Waals surface area (Å²) in [4.78, 5) is 2.10. The van der Waals surface area contributed by atoms with Gasteiger partial charge in [-0.15, -0.1) is 0 Å². The summed E-state index contributed by atoms with van der Waals surface area (Å²) in [5.74, 6) is 2.80. The zero-order valence-corrected chi connectivity index (χ0v) is 24.6. The Labute approximate surface area is 261 Å². The van der Waals surface area contributed by atoms with Gasteiger partial charge in [-0.05, 0) is 71.5 Å². The van der Waals surface area contributed by atoms with Gasteiger partial charge in [0.1, 0.15) is 45.0 Å². The first-order valence-electron chi connectivity index (χ1n) is 15.6. The molecule has 0 saturated heterocycles. The van der Waals surface area contributed by atoms with Crippen molar-refractivity contribution in [3.8, 4) is 34.3 Å². The Bertz CT molecular complexity index is 2870. The molecule has 0 radical (unpaired) electrons. The molecule has 1 atom stereocenters. The molecule has 0 aliphatic carbocycles. The first-order chi connectivity index (χ1) is 22.7. The van der Waals surface area contributed by atoms with Gasteiger partial charge in [-0.25, -0.2) is 0 Å². The van der Waals surface area contributed by atoms with Gasteiger partial charge in [-0.3, -0.25) is 0 Å². The lowest BCUT2D eigenvalue weighted by Crippen LogP contribution is -2.77. The minimum Gasteiger partial charge on any atom is -0.456 e. The molecule has 214 valence electrons. The summed E-state index contributed by atoms with van der Waals surface area (Å²) in [6, 6.07) is 40.5. The number of hydrogen-bond acceptors (Lipinski definition) is 3. The molecule has 4 aromatic heterocycles. The fourth-order valence-electron chi connectivity index (χ4n) is 8.64. The standard InChI is InChI=1S/C39H23N5O2/c1-22-37(23-16-18-31-27(21-23)25-10-3-5-13-30(25)45-31)40-44-29-12-8-14-32-35(29)39(43(22)44)36-33(46-32)19-17-26-24-9-2-4-11-28(24)42(38(26)36)34-15-6-7-20-41(34)39/h2-21H,1H3/q+2. The van der Waals surface area contributed by atoms with Gasteiger partial charge in [-0.2, -0.15) is 9.13 Å². The molecule has 46 heavy (non-hydrogen) atoms. The van der Waals surface area contributed by atoms with Gasteiger partial charge in [0.25, 0.3) is 11.5 Å². The summed E-state index contributed by atoms with van der Waals surface area (Å²) in [5, 5.41) is 10.0. The molecular weight excluding hydrogens is 570 g/mol. The molecule has 0 fully saturated rings. The molecule has 1 unspecified atom stereocenters. The SMILES string of the molecule is Cc1c(-c2ccc3oc4ccccc4c3c2)nn2[n+]1C13c4c(cccc4-2)Oc2ccc4c5ccccc5n(c4c21)-c1cccc[n+]13. The number of pyridine rings is 1. The van der Waals surface area contributed by atoms with Crippen molar-refractivity contribution in [3.05, 3.63) is 138 Å². The van der Waals surface area contributed by atoms with E-state index in [0.717, 1.165) is 73.0 Å². The van der Waals surface area contributed by atoms with Crippen LogP contribution in [0.25, 0.3) is 66.5 Å². The monoisotopic (exact) mass is 593 g/mol. The Hall–Kier alpha value is -6.21. The molecule has 7 heterocycles. The Morgan fingerprint density at radius 1 is 0.696 bits per heavy atom. The van der Waals surface area contributed by atoms with Crippen molar-refractivity contribution in [1.82, 2.24) is 14.5 Å². The molecule has 0 bridgehead atoms. The fourth-order valence-corrected chi connectivity index (χ4v) is 8.64. The van der Waals surface area contributed by atoms with Crippen LogP contribution in [-0.2, 0) is 5.66 Å². The predicted octanol–water partition coefficient (Wildman–Crippen LogP) is 7.45. The average Bonchev–Trinajstić information content (AvgIpc) is 3.82. The van der Waals surface area contributed by atoms with E-state index < -0.39 is 5.66 Å². The van der Waals surface area contributed by atoms with Crippen molar-refractivity contribution >= 4 is 43.7 Å². The molecule has 0 amide bonds. The minimum absolute atomic E-state index is 0.762.